The van der Waals surface area contributed by atoms with E-state index in [0.717, 1.165) is 31.2 Å². The predicted octanol–water partition coefficient (Wildman–Crippen LogP) is 5.86. The third-order valence-electron chi connectivity index (χ3n) is 7.84. The Kier molecular flexibility index (Phi) is 10.2. The molecule has 212 valence electrons. The fraction of sp³-hybridized carbons (Fsp3) is 0.533. The quantitative estimate of drug-likeness (QED) is 0.411. The van der Waals surface area contributed by atoms with Gasteiger partial charge in [0.2, 0.25) is 5.91 Å². The molecule has 1 aliphatic carbocycles. The molecule has 1 saturated carbocycles. The van der Waals surface area contributed by atoms with Gasteiger partial charge in [0.25, 0.3) is 5.91 Å². The molecule has 7 nitrogen and oxygen atoms in total. The van der Waals surface area contributed by atoms with Crippen molar-refractivity contribution in [2.24, 2.45) is 11.8 Å². The Bertz CT molecular complexity index is 1170. The third-order valence-corrected chi connectivity index (χ3v) is 8.58. The molecular weight excluding hydrogens is 537 g/mol. The van der Waals surface area contributed by atoms with Gasteiger partial charge in [-0.3, -0.25) is 14.5 Å². The molecule has 4 rings (SSSR count). The van der Waals surface area contributed by atoms with Crippen LogP contribution in [0.25, 0.3) is 0 Å². The number of amides is 2. The van der Waals surface area contributed by atoms with Crippen molar-refractivity contribution in [3.8, 4) is 5.75 Å². The molecular formula is C30H39Cl2N3O4. The van der Waals surface area contributed by atoms with Gasteiger partial charge in [-0.15, -0.1) is 0 Å². The number of aliphatic hydroxyl groups is 1. The van der Waals surface area contributed by atoms with Crippen LogP contribution in [0.2, 0.25) is 10.0 Å². The fourth-order valence-corrected chi connectivity index (χ4v) is 5.77. The highest BCUT2D eigenvalue weighted by atomic mass is 35.5. The molecule has 1 heterocycles. The van der Waals surface area contributed by atoms with Crippen molar-refractivity contribution in [2.45, 2.75) is 64.6 Å². The van der Waals surface area contributed by atoms with E-state index in [4.69, 9.17) is 27.9 Å². The summed E-state index contributed by atoms with van der Waals surface area (Å²) in [4.78, 5) is 30.4. The highest BCUT2D eigenvalue weighted by molar-refractivity contribution is 6.42. The lowest BCUT2D eigenvalue weighted by molar-refractivity contribution is -0.120. The second-order valence-corrected chi connectivity index (χ2v) is 11.9. The molecule has 0 spiro atoms. The van der Waals surface area contributed by atoms with Crippen molar-refractivity contribution in [3.63, 3.8) is 0 Å². The fourth-order valence-electron chi connectivity index (χ4n) is 5.45. The minimum absolute atomic E-state index is 0.00182. The van der Waals surface area contributed by atoms with Gasteiger partial charge in [-0.25, -0.2) is 0 Å². The number of hydrogen-bond donors (Lipinski definition) is 2. The number of hydrogen-bond acceptors (Lipinski definition) is 5. The Morgan fingerprint density at radius 2 is 1.90 bits per heavy atom. The van der Waals surface area contributed by atoms with Gasteiger partial charge < -0.3 is 20.1 Å². The van der Waals surface area contributed by atoms with Gasteiger partial charge in [-0.2, -0.15) is 0 Å². The SMILES string of the molecule is C[C@H]1CN([C@@H](C)CO)C(=O)c2cc(NC(=O)C3CCCCC3)ccc2O[C@@H]1CN(C)Cc1ccc(Cl)c(Cl)c1. The van der Waals surface area contributed by atoms with Crippen LogP contribution in [0.4, 0.5) is 5.69 Å². The van der Waals surface area contributed by atoms with E-state index in [0.29, 0.717) is 46.7 Å². The van der Waals surface area contributed by atoms with Crippen LogP contribution in [-0.4, -0.2) is 65.6 Å². The smallest absolute Gasteiger partial charge is 0.258 e. The molecule has 0 saturated heterocycles. The lowest BCUT2D eigenvalue weighted by atomic mass is 9.88. The van der Waals surface area contributed by atoms with Crippen molar-refractivity contribution in [3.05, 3.63) is 57.6 Å². The largest absolute Gasteiger partial charge is 0.488 e. The number of nitrogens with one attached hydrogen (secondary N) is 1. The molecule has 2 aromatic rings. The van der Waals surface area contributed by atoms with Crippen molar-refractivity contribution in [1.82, 2.24) is 9.80 Å². The number of carbonyl (C=O) groups excluding carboxylic acids is 2. The number of halogens is 2. The van der Waals surface area contributed by atoms with Crippen molar-refractivity contribution >= 4 is 40.7 Å². The van der Waals surface area contributed by atoms with Crippen molar-refractivity contribution < 1.29 is 19.4 Å². The summed E-state index contributed by atoms with van der Waals surface area (Å²) in [6.07, 6.45) is 4.89. The highest BCUT2D eigenvalue weighted by Gasteiger charge is 2.34. The zero-order valence-electron chi connectivity index (χ0n) is 23.0. The monoisotopic (exact) mass is 575 g/mol. The van der Waals surface area contributed by atoms with E-state index >= 15 is 0 Å². The molecule has 39 heavy (non-hydrogen) atoms. The predicted molar refractivity (Wildman–Crippen MR) is 156 cm³/mol. The maximum Gasteiger partial charge on any atom is 0.258 e. The van der Waals surface area contributed by atoms with E-state index in [2.05, 4.69) is 17.1 Å². The first-order valence-corrected chi connectivity index (χ1v) is 14.6. The summed E-state index contributed by atoms with van der Waals surface area (Å²) in [6, 6.07) is 10.5. The Morgan fingerprint density at radius 3 is 2.59 bits per heavy atom. The zero-order valence-corrected chi connectivity index (χ0v) is 24.5. The maximum atomic E-state index is 13.7. The number of aliphatic hydroxyl groups excluding tert-OH is 1. The summed E-state index contributed by atoms with van der Waals surface area (Å²) in [7, 11) is 2.02. The number of benzene rings is 2. The van der Waals surface area contributed by atoms with Crippen LogP contribution < -0.4 is 10.1 Å². The van der Waals surface area contributed by atoms with Crippen LogP contribution in [0.1, 0.15) is 61.9 Å². The average Bonchev–Trinajstić information content (AvgIpc) is 2.93. The molecule has 0 radical (unpaired) electrons. The van der Waals surface area contributed by atoms with E-state index in [-0.39, 0.29) is 42.4 Å². The van der Waals surface area contributed by atoms with Gasteiger partial charge in [-0.05, 0) is 62.7 Å². The Balaban J connectivity index is 1.56. The van der Waals surface area contributed by atoms with E-state index in [9.17, 15) is 14.7 Å². The lowest BCUT2D eigenvalue weighted by Gasteiger charge is -2.38. The summed E-state index contributed by atoms with van der Waals surface area (Å²) in [5, 5.41) is 14.0. The van der Waals surface area contributed by atoms with Gasteiger partial charge in [0.15, 0.2) is 0 Å². The van der Waals surface area contributed by atoms with Crippen LogP contribution in [0.5, 0.6) is 5.75 Å². The average molecular weight is 577 g/mol. The lowest BCUT2D eigenvalue weighted by Crippen LogP contribution is -2.49. The summed E-state index contributed by atoms with van der Waals surface area (Å²) < 4.78 is 6.50. The van der Waals surface area contributed by atoms with E-state index < -0.39 is 0 Å². The zero-order chi connectivity index (χ0) is 28.1. The molecule has 1 aliphatic heterocycles. The van der Waals surface area contributed by atoms with Gasteiger partial charge in [0.1, 0.15) is 11.9 Å². The molecule has 2 aliphatic rings. The number of anilines is 1. The summed E-state index contributed by atoms with van der Waals surface area (Å²) >= 11 is 12.3. The Morgan fingerprint density at radius 1 is 1.15 bits per heavy atom. The summed E-state index contributed by atoms with van der Waals surface area (Å²) in [6.45, 7) is 5.45. The van der Waals surface area contributed by atoms with E-state index in [1.807, 2.05) is 26.1 Å². The minimum atomic E-state index is -0.360. The van der Waals surface area contributed by atoms with Crippen LogP contribution in [0.15, 0.2) is 36.4 Å². The van der Waals surface area contributed by atoms with Crippen molar-refractivity contribution in [2.75, 3.05) is 32.1 Å². The number of ether oxygens (including phenoxy) is 1. The van der Waals surface area contributed by atoms with Crippen molar-refractivity contribution in [1.29, 1.82) is 0 Å². The maximum absolute atomic E-state index is 13.7. The second-order valence-electron chi connectivity index (χ2n) is 11.1. The van der Waals surface area contributed by atoms with Gasteiger partial charge in [-0.1, -0.05) is 55.5 Å². The third kappa shape index (κ3) is 7.46. The molecule has 2 aromatic carbocycles. The Labute approximate surface area is 241 Å². The topological polar surface area (TPSA) is 82.1 Å². The van der Waals surface area contributed by atoms with Gasteiger partial charge in [0.05, 0.1) is 28.3 Å². The number of rotatable bonds is 8. The molecule has 0 unspecified atom stereocenters. The number of fused-ring (bicyclic) bond motifs is 1. The first kappa shape index (κ1) is 29.7. The number of likely N-dealkylation sites (N-methyl/N-ethyl adjacent to an activating group) is 1. The summed E-state index contributed by atoms with van der Waals surface area (Å²) in [5.41, 5.74) is 2.01. The molecule has 1 fully saturated rings. The van der Waals surface area contributed by atoms with E-state index in [1.54, 1.807) is 29.2 Å². The molecule has 0 bridgehead atoms. The van der Waals surface area contributed by atoms with Crippen LogP contribution in [0, 0.1) is 11.8 Å². The van der Waals surface area contributed by atoms with Crippen LogP contribution in [0.3, 0.4) is 0 Å². The molecule has 2 N–H and O–H groups in total. The molecule has 9 heteroatoms. The second kappa shape index (κ2) is 13.4. The first-order chi connectivity index (χ1) is 18.7. The molecule has 2 amide bonds. The number of nitrogens with zero attached hydrogens (tertiary/aromatic N) is 2. The van der Waals surface area contributed by atoms with Gasteiger partial charge in [0, 0.05) is 37.2 Å². The van der Waals surface area contributed by atoms with Gasteiger partial charge >= 0.3 is 0 Å². The highest BCUT2D eigenvalue weighted by Crippen LogP contribution is 2.32. The molecule has 3 atom stereocenters. The minimum Gasteiger partial charge on any atom is -0.488 e. The normalized spacial score (nSPS) is 21.1. The Hall–Kier alpha value is -2.32. The van der Waals surface area contributed by atoms with Crippen LogP contribution >= 0.6 is 23.2 Å². The number of carbonyl (C=O) groups is 2. The first-order valence-electron chi connectivity index (χ1n) is 13.8. The summed E-state index contributed by atoms with van der Waals surface area (Å²) in [5.74, 6) is 0.276. The standard InChI is InChI=1S/C30H39Cl2N3O4/c1-19-15-35(20(2)18-36)30(38)24-14-23(33-29(37)22-7-5-4-6-8-22)10-12-27(24)39-28(19)17-34(3)16-21-9-11-25(31)26(32)13-21/h9-14,19-20,22,28,36H,4-8,15-18H2,1-3H3,(H,33,37)/t19-,20-,28+/m0/s1. The molecule has 0 aromatic heterocycles. The van der Waals surface area contributed by atoms with E-state index in [1.165, 1.54) is 6.42 Å². The van der Waals surface area contributed by atoms with Crippen LogP contribution in [-0.2, 0) is 11.3 Å².